The monoisotopic (exact) mass is 459 g/mol. The number of allylic oxidation sites excluding steroid dienone is 3. The van der Waals surface area contributed by atoms with Gasteiger partial charge in [-0.15, -0.1) is 0 Å². The molecule has 0 radical (unpaired) electrons. The molecule has 0 fully saturated rings. The van der Waals surface area contributed by atoms with Crippen molar-refractivity contribution < 1.29 is 9.90 Å². The predicted octanol–water partition coefficient (Wildman–Crippen LogP) is 4.96. The topological polar surface area (TPSA) is 85.3 Å². The molecule has 0 bridgehead atoms. The summed E-state index contributed by atoms with van der Waals surface area (Å²) in [7, 11) is 5.69. The van der Waals surface area contributed by atoms with Crippen LogP contribution in [0.3, 0.4) is 0 Å². The first kappa shape index (κ1) is 23.7. The van der Waals surface area contributed by atoms with E-state index >= 15 is 0 Å². The van der Waals surface area contributed by atoms with E-state index in [1.54, 1.807) is 11.1 Å². The number of aromatic amines is 1. The maximum atomic E-state index is 13.2. The van der Waals surface area contributed by atoms with E-state index in [0.29, 0.717) is 11.6 Å². The van der Waals surface area contributed by atoms with Crippen molar-refractivity contribution in [2.75, 3.05) is 21.1 Å². The number of pyridine rings is 1. The van der Waals surface area contributed by atoms with Gasteiger partial charge in [0.25, 0.3) is 0 Å². The van der Waals surface area contributed by atoms with Crippen molar-refractivity contribution in [1.82, 2.24) is 25.0 Å². The molecule has 0 spiro atoms. The second kappa shape index (κ2) is 9.43. The third-order valence-corrected chi connectivity index (χ3v) is 6.50. The van der Waals surface area contributed by atoms with Gasteiger partial charge in [-0.25, -0.2) is 4.98 Å². The number of nitrogens with one attached hydrogen (secondary N) is 1. The van der Waals surface area contributed by atoms with Gasteiger partial charge in [0.15, 0.2) is 5.65 Å². The van der Waals surface area contributed by atoms with Crippen molar-refractivity contribution in [3.05, 3.63) is 65.7 Å². The van der Waals surface area contributed by atoms with Crippen LogP contribution in [0.25, 0.3) is 27.7 Å². The Morgan fingerprint density at radius 3 is 2.62 bits per heavy atom. The molecule has 0 saturated heterocycles. The summed E-state index contributed by atoms with van der Waals surface area (Å²) < 4.78 is 0. The van der Waals surface area contributed by atoms with Gasteiger partial charge in [-0.1, -0.05) is 31.2 Å². The first-order chi connectivity index (χ1) is 16.2. The molecule has 2 aromatic heterocycles. The van der Waals surface area contributed by atoms with Crippen LogP contribution in [0.5, 0.6) is 0 Å². The van der Waals surface area contributed by atoms with Crippen molar-refractivity contribution in [2.45, 2.75) is 39.3 Å². The van der Waals surface area contributed by atoms with E-state index in [4.69, 9.17) is 0 Å². The third kappa shape index (κ3) is 4.48. The first-order valence-corrected chi connectivity index (χ1v) is 11.7. The molecule has 1 aromatic carbocycles. The van der Waals surface area contributed by atoms with Crippen LogP contribution >= 0.6 is 0 Å². The van der Waals surface area contributed by atoms with Gasteiger partial charge in [0.2, 0.25) is 5.91 Å². The Morgan fingerprint density at radius 2 is 1.94 bits per heavy atom. The Hall–Kier alpha value is -3.45. The molecule has 2 N–H and O–H groups in total. The molecule has 178 valence electrons. The second-order valence-electron chi connectivity index (χ2n) is 9.61. The molecule has 2 atom stereocenters. The van der Waals surface area contributed by atoms with Gasteiger partial charge < -0.3 is 10.0 Å². The largest absolute Gasteiger partial charge is 0.508 e. The Labute approximate surface area is 200 Å². The lowest BCUT2D eigenvalue weighted by atomic mass is 9.93. The van der Waals surface area contributed by atoms with Gasteiger partial charge in [0.1, 0.15) is 11.8 Å². The molecule has 1 amide bonds. The Kier molecular flexibility index (Phi) is 6.57. The number of hydrogen-bond acceptors (Lipinski definition) is 5. The minimum Gasteiger partial charge on any atom is -0.508 e. The van der Waals surface area contributed by atoms with E-state index in [0.717, 1.165) is 39.8 Å². The molecule has 1 aliphatic carbocycles. The van der Waals surface area contributed by atoms with Crippen LogP contribution in [0.1, 0.15) is 44.5 Å². The summed E-state index contributed by atoms with van der Waals surface area (Å²) in [5.41, 5.74) is 4.94. The minimum absolute atomic E-state index is 0.0589. The van der Waals surface area contributed by atoms with Crippen LogP contribution in [-0.2, 0) is 4.79 Å². The Morgan fingerprint density at radius 1 is 1.18 bits per heavy atom. The van der Waals surface area contributed by atoms with Gasteiger partial charge in [0.05, 0.1) is 5.69 Å². The summed E-state index contributed by atoms with van der Waals surface area (Å²) >= 11 is 0. The van der Waals surface area contributed by atoms with Crippen LogP contribution in [0, 0.1) is 5.92 Å². The number of fused-ring (bicyclic) bond motifs is 1. The van der Waals surface area contributed by atoms with E-state index < -0.39 is 0 Å². The highest BCUT2D eigenvalue weighted by molar-refractivity contribution is 5.94. The van der Waals surface area contributed by atoms with Crippen LogP contribution in [0.2, 0.25) is 0 Å². The van der Waals surface area contributed by atoms with Crippen LogP contribution < -0.4 is 0 Å². The van der Waals surface area contributed by atoms with Gasteiger partial charge in [-0.3, -0.25) is 14.8 Å². The fourth-order valence-corrected chi connectivity index (χ4v) is 4.33. The second-order valence-corrected chi connectivity index (χ2v) is 9.61. The van der Waals surface area contributed by atoms with E-state index in [1.807, 2.05) is 76.3 Å². The highest BCUT2D eigenvalue weighted by Gasteiger charge is 2.27. The zero-order chi connectivity index (χ0) is 24.6. The molecule has 2 unspecified atom stereocenters. The van der Waals surface area contributed by atoms with Gasteiger partial charge in [-0.2, -0.15) is 5.10 Å². The molecule has 4 rings (SSSR count). The Balaban J connectivity index is 1.74. The van der Waals surface area contributed by atoms with E-state index in [-0.39, 0.29) is 23.8 Å². The number of aromatic nitrogens is 3. The Bertz CT molecular complexity index is 1270. The standard InChI is InChI=1S/C27H33N5O2/c1-16(2)32(6)27(34)25(31(4)5)19-9-7-8-18(13-19)20-14-22-24(29-30-26(22)28-15-20)21-11-10-17(3)12-23(21)33/h7-9,11-17,25,33H,10H2,1-6H3,(H,28,29,30). The summed E-state index contributed by atoms with van der Waals surface area (Å²) in [6.45, 7) is 6.10. The van der Waals surface area contributed by atoms with Crippen LogP contribution in [0.15, 0.2) is 54.4 Å². The molecular weight excluding hydrogens is 426 g/mol. The highest BCUT2D eigenvalue weighted by atomic mass is 16.3. The average Bonchev–Trinajstić information content (AvgIpc) is 3.21. The molecule has 3 aromatic rings. The number of H-pyrrole nitrogens is 1. The summed E-state index contributed by atoms with van der Waals surface area (Å²) in [6, 6.07) is 9.82. The molecule has 0 aliphatic heterocycles. The van der Waals surface area contributed by atoms with Crippen molar-refractivity contribution in [2.24, 2.45) is 5.92 Å². The number of likely N-dealkylation sites (N-methyl/N-ethyl adjacent to an activating group) is 2. The highest BCUT2D eigenvalue weighted by Crippen LogP contribution is 2.34. The number of hydrogen-bond donors (Lipinski definition) is 2. The molecule has 34 heavy (non-hydrogen) atoms. The maximum Gasteiger partial charge on any atom is 0.244 e. The maximum absolute atomic E-state index is 13.2. The summed E-state index contributed by atoms with van der Waals surface area (Å²) in [4.78, 5) is 21.5. The summed E-state index contributed by atoms with van der Waals surface area (Å²) in [6.07, 6.45) is 6.57. The quantitative estimate of drug-likeness (QED) is 0.544. The van der Waals surface area contributed by atoms with E-state index in [9.17, 15) is 9.90 Å². The lowest BCUT2D eigenvalue weighted by molar-refractivity contribution is -0.136. The van der Waals surface area contributed by atoms with Gasteiger partial charge in [0, 0.05) is 35.8 Å². The normalized spacial score (nSPS) is 17.1. The SMILES string of the molecule is CC1C=C(O)C(c2[nH]nc3ncc(-c4cccc(C(C(=O)N(C)C(C)C)N(C)C)c4)cc23)=CC1. The number of nitrogens with zero attached hydrogens (tertiary/aromatic N) is 4. The van der Waals surface area contributed by atoms with Crippen LogP contribution in [-0.4, -0.2) is 63.2 Å². The number of carbonyl (C=O) groups excluding carboxylic acids is 1. The number of aliphatic hydroxyl groups excluding tert-OH is 1. The average molecular weight is 460 g/mol. The molecule has 2 heterocycles. The number of rotatable bonds is 6. The number of aliphatic hydroxyl groups is 1. The number of benzene rings is 1. The zero-order valence-electron chi connectivity index (χ0n) is 20.7. The minimum atomic E-state index is -0.384. The van der Waals surface area contributed by atoms with Crippen molar-refractivity contribution in [3.63, 3.8) is 0 Å². The molecular formula is C27H33N5O2. The fourth-order valence-electron chi connectivity index (χ4n) is 4.33. The third-order valence-electron chi connectivity index (χ3n) is 6.50. The number of amides is 1. The summed E-state index contributed by atoms with van der Waals surface area (Å²) in [5.74, 6) is 0.623. The molecule has 7 heteroatoms. The lowest BCUT2D eigenvalue weighted by Gasteiger charge is -2.31. The lowest BCUT2D eigenvalue weighted by Crippen LogP contribution is -2.41. The molecule has 0 saturated carbocycles. The summed E-state index contributed by atoms with van der Waals surface area (Å²) in [5, 5.41) is 18.8. The van der Waals surface area contributed by atoms with Crippen molar-refractivity contribution >= 4 is 22.5 Å². The fraction of sp³-hybridized carbons (Fsp3) is 0.370. The predicted molar refractivity (Wildman–Crippen MR) is 136 cm³/mol. The van der Waals surface area contributed by atoms with Crippen molar-refractivity contribution in [1.29, 1.82) is 0 Å². The zero-order valence-corrected chi connectivity index (χ0v) is 20.7. The molecule has 1 aliphatic rings. The van der Waals surface area contributed by atoms with E-state index in [1.165, 1.54) is 0 Å². The van der Waals surface area contributed by atoms with E-state index in [2.05, 4.69) is 28.2 Å². The first-order valence-electron chi connectivity index (χ1n) is 11.7. The smallest absolute Gasteiger partial charge is 0.244 e. The van der Waals surface area contributed by atoms with Crippen molar-refractivity contribution in [3.8, 4) is 11.1 Å². The number of carbonyl (C=O) groups is 1. The van der Waals surface area contributed by atoms with Gasteiger partial charge >= 0.3 is 0 Å². The van der Waals surface area contributed by atoms with Crippen LogP contribution in [0.4, 0.5) is 0 Å². The molecule has 7 nitrogen and oxygen atoms in total. The van der Waals surface area contributed by atoms with Gasteiger partial charge in [-0.05, 0) is 69.6 Å².